The van der Waals surface area contributed by atoms with Crippen LogP contribution in [0.2, 0.25) is 0 Å². The zero-order valence-corrected chi connectivity index (χ0v) is 15.8. The summed E-state index contributed by atoms with van der Waals surface area (Å²) >= 11 is 0. The Balaban J connectivity index is 1.58. The van der Waals surface area contributed by atoms with Crippen molar-refractivity contribution >= 4 is 22.7 Å². The Bertz CT molecular complexity index is 1000. The van der Waals surface area contributed by atoms with Crippen molar-refractivity contribution < 1.29 is 0 Å². The third-order valence-electron chi connectivity index (χ3n) is 4.75. The van der Waals surface area contributed by atoms with E-state index in [2.05, 4.69) is 51.1 Å². The van der Waals surface area contributed by atoms with Crippen LogP contribution in [-0.2, 0) is 5.54 Å². The monoisotopic (exact) mass is 368 g/mol. The molecule has 9 nitrogen and oxygen atoms in total. The number of rotatable bonds is 3. The van der Waals surface area contributed by atoms with E-state index in [0.717, 1.165) is 36.2 Å². The standard InChI is InChI=1S/C18H24N8O/c1-18(2,3)26-15-13(9-23-26)14(21-11-22-15)24-12-5-4-8-25(10-12)16-17(27)20-7-6-19-16/h6-7,9,11-12H,4-5,8,10H2,1-3H3,(H,20,27)(H,21,22,24). The number of piperidine rings is 1. The first kappa shape index (κ1) is 17.4. The van der Waals surface area contributed by atoms with Crippen molar-refractivity contribution in [1.82, 2.24) is 29.7 Å². The Hall–Kier alpha value is -2.97. The number of anilines is 2. The fourth-order valence-electron chi connectivity index (χ4n) is 3.50. The highest BCUT2D eigenvalue weighted by molar-refractivity contribution is 5.86. The molecule has 27 heavy (non-hydrogen) atoms. The maximum Gasteiger partial charge on any atom is 0.290 e. The molecular formula is C18H24N8O. The van der Waals surface area contributed by atoms with Crippen molar-refractivity contribution in [2.45, 2.75) is 45.2 Å². The molecule has 3 aromatic rings. The van der Waals surface area contributed by atoms with Crippen LogP contribution < -0.4 is 15.8 Å². The molecule has 0 aromatic carbocycles. The third-order valence-corrected chi connectivity index (χ3v) is 4.75. The molecule has 4 heterocycles. The lowest BCUT2D eigenvalue weighted by Gasteiger charge is -2.33. The zero-order valence-electron chi connectivity index (χ0n) is 15.8. The second-order valence-corrected chi connectivity index (χ2v) is 7.86. The largest absolute Gasteiger partial charge is 0.365 e. The second-order valence-electron chi connectivity index (χ2n) is 7.86. The summed E-state index contributed by atoms with van der Waals surface area (Å²) < 4.78 is 1.91. The number of hydrogen-bond acceptors (Lipinski definition) is 7. The van der Waals surface area contributed by atoms with Crippen LogP contribution >= 0.6 is 0 Å². The summed E-state index contributed by atoms with van der Waals surface area (Å²) in [6.45, 7) is 7.80. The molecule has 1 saturated heterocycles. The first-order chi connectivity index (χ1) is 12.9. The topological polar surface area (TPSA) is 105 Å². The molecule has 142 valence electrons. The van der Waals surface area contributed by atoms with Gasteiger partial charge < -0.3 is 15.2 Å². The first-order valence-electron chi connectivity index (χ1n) is 9.18. The van der Waals surface area contributed by atoms with Crippen molar-refractivity contribution in [2.24, 2.45) is 0 Å². The van der Waals surface area contributed by atoms with Crippen LogP contribution in [0.3, 0.4) is 0 Å². The fraction of sp³-hybridized carbons (Fsp3) is 0.500. The van der Waals surface area contributed by atoms with Crippen LogP contribution in [0, 0.1) is 0 Å². The smallest absolute Gasteiger partial charge is 0.290 e. The van der Waals surface area contributed by atoms with E-state index >= 15 is 0 Å². The molecule has 1 unspecified atom stereocenters. The van der Waals surface area contributed by atoms with E-state index in [9.17, 15) is 4.79 Å². The fourth-order valence-corrected chi connectivity index (χ4v) is 3.50. The van der Waals surface area contributed by atoms with E-state index < -0.39 is 0 Å². The van der Waals surface area contributed by atoms with Crippen molar-refractivity contribution in [3.05, 3.63) is 35.3 Å². The molecular weight excluding hydrogens is 344 g/mol. The SMILES string of the molecule is CC(C)(C)n1ncc2c(NC3CCCN(c4ncc[nH]c4=O)C3)ncnc21. The lowest BCUT2D eigenvalue weighted by molar-refractivity contribution is 0.366. The summed E-state index contributed by atoms with van der Waals surface area (Å²) in [5, 5.41) is 8.93. The number of fused-ring (bicyclic) bond motifs is 1. The molecule has 1 fully saturated rings. The number of nitrogens with zero attached hydrogens (tertiary/aromatic N) is 6. The molecule has 0 radical (unpaired) electrons. The van der Waals surface area contributed by atoms with Crippen molar-refractivity contribution in [2.75, 3.05) is 23.3 Å². The minimum atomic E-state index is -0.158. The quantitative estimate of drug-likeness (QED) is 0.725. The second kappa shape index (κ2) is 6.64. The Morgan fingerprint density at radius 1 is 1.26 bits per heavy atom. The highest BCUT2D eigenvalue weighted by Crippen LogP contribution is 2.25. The molecule has 9 heteroatoms. The summed E-state index contributed by atoms with van der Waals surface area (Å²) in [5.41, 5.74) is 0.498. The van der Waals surface area contributed by atoms with Crippen LogP contribution in [-0.4, -0.2) is 48.8 Å². The minimum absolute atomic E-state index is 0.158. The van der Waals surface area contributed by atoms with Crippen molar-refractivity contribution in [1.29, 1.82) is 0 Å². The lowest BCUT2D eigenvalue weighted by atomic mass is 10.1. The summed E-state index contributed by atoms with van der Waals surface area (Å²) in [4.78, 5) is 29.9. The predicted octanol–water partition coefficient (Wildman–Crippen LogP) is 1.75. The van der Waals surface area contributed by atoms with Gasteiger partial charge >= 0.3 is 0 Å². The van der Waals surface area contributed by atoms with E-state index in [0.29, 0.717) is 12.4 Å². The Morgan fingerprint density at radius 3 is 2.89 bits per heavy atom. The summed E-state index contributed by atoms with van der Waals surface area (Å²) in [6, 6.07) is 0.163. The Morgan fingerprint density at radius 2 is 2.11 bits per heavy atom. The molecule has 0 spiro atoms. The van der Waals surface area contributed by atoms with Gasteiger partial charge in [0.1, 0.15) is 12.1 Å². The first-order valence-corrected chi connectivity index (χ1v) is 9.18. The van der Waals surface area contributed by atoms with Gasteiger partial charge in [-0.1, -0.05) is 0 Å². The van der Waals surface area contributed by atoms with Gasteiger partial charge in [0, 0.05) is 31.5 Å². The lowest BCUT2D eigenvalue weighted by Crippen LogP contribution is -2.44. The molecule has 4 rings (SSSR count). The van der Waals surface area contributed by atoms with Crippen molar-refractivity contribution in [3.63, 3.8) is 0 Å². The van der Waals surface area contributed by atoms with Crippen molar-refractivity contribution in [3.8, 4) is 0 Å². The normalized spacial score (nSPS) is 18.0. The molecule has 0 bridgehead atoms. The van der Waals surface area contributed by atoms with Gasteiger partial charge in [-0.2, -0.15) is 5.10 Å². The highest BCUT2D eigenvalue weighted by Gasteiger charge is 2.25. The summed E-state index contributed by atoms with van der Waals surface area (Å²) in [6.07, 6.45) is 8.52. The van der Waals surface area contributed by atoms with Gasteiger partial charge in [0.15, 0.2) is 11.5 Å². The van der Waals surface area contributed by atoms with Gasteiger partial charge in [-0.15, -0.1) is 0 Å². The van der Waals surface area contributed by atoms with E-state index in [1.807, 2.05) is 15.8 Å². The van der Waals surface area contributed by atoms with Gasteiger partial charge in [-0.3, -0.25) is 4.79 Å². The van der Waals surface area contributed by atoms with Gasteiger partial charge in [-0.25, -0.2) is 19.6 Å². The maximum atomic E-state index is 12.0. The average molecular weight is 368 g/mol. The molecule has 1 aliphatic heterocycles. The number of aromatic nitrogens is 6. The molecule has 0 aliphatic carbocycles. The van der Waals surface area contributed by atoms with Gasteiger partial charge in [0.05, 0.1) is 17.1 Å². The molecule has 1 atom stereocenters. The average Bonchev–Trinajstić information content (AvgIpc) is 3.08. The summed E-state index contributed by atoms with van der Waals surface area (Å²) in [5.74, 6) is 1.25. The van der Waals surface area contributed by atoms with Gasteiger partial charge in [0.2, 0.25) is 0 Å². The van der Waals surface area contributed by atoms with Crippen LogP contribution in [0.4, 0.5) is 11.6 Å². The molecule has 2 N–H and O–H groups in total. The number of hydrogen-bond donors (Lipinski definition) is 2. The Labute approximate surface area is 156 Å². The Kier molecular flexibility index (Phi) is 4.29. The highest BCUT2D eigenvalue weighted by atomic mass is 16.1. The predicted molar refractivity (Wildman–Crippen MR) is 104 cm³/mol. The van der Waals surface area contributed by atoms with Crippen LogP contribution in [0.15, 0.2) is 29.7 Å². The number of nitrogens with one attached hydrogen (secondary N) is 2. The third kappa shape index (κ3) is 3.36. The molecule has 1 aliphatic rings. The number of H-pyrrole nitrogens is 1. The van der Waals surface area contributed by atoms with Crippen LogP contribution in [0.5, 0.6) is 0 Å². The van der Waals surface area contributed by atoms with E-state index in [1.165, 1.54) is 0 Å². The van der Waals surface area contributed by atoms with E-state index in [4.69, 9.17) is 0 Å². The minimum Gasteiger partial charge on any atom is -0.365 e. The van der Waals surface area contributed by atoms with E-state index in [-0.39, 0.29) is 17.1 Å². The van der Waals surface area contributed by atoms with Gasteiger partial charge in [0.25, 0.3) is 5.56 Å². The maximum absolute atomic E-state index is 12.0. The van der Waals surface area contributed by atoms with Crippen LogP contribution in [0.1, 0.15) is 33.6 Å². The van der Waals surface area contributed by atoms with Gasteiger partial charge in [-0.05, 0) is 33.6 Å². The molecule has 0 amide bonds. The number of aromatic amines is 1. The molecule has 3 aromatic heterocycles. The summed E-state index contributed by atoms with van der Waals surface area (Å²) in [7, 11) is 0. The van der Waals surface area contributed by atoms with E-state index in [1.54, 1.807) is 18.7 Å². The zero-order chi connectivity index (χ0) is 19.0. The molecule has 0 saturated carbocycles. The van der Waals surface area contributed by atoms with Crippen LogP contribution in [0.25, 0.3) is 11.0 Å².